The molecular formula is C12H6Cl2F3N3O3S. The Morgan fingerprint density at radius 1 is 1.25 bits per heavy atom. The molecule has 0 unspecified atom stereocenters. The van der Waals surface area contributed by atoms with Crippen LogP contribution >= 0.6 is 23.2 Å². The maximum Gasteiger partial charge on any atom is 0.416 e. The Kier molecular flexibility index (Phi) is 4.47. The highest BCUT2D eigenvalue weighted by Crippen LogP contribution is 2.37. The zero-order chi connectivity index (χ0) is 18.4. The van der Waals surface area contributed by atoms with Crippen molar-refractivity contribution in [3.05, 3.63) is 43.8 Å². The Hall–Kier alpha value is -1.96. The van der Waals surface area contributed by atoms with Crippen LogP contribution in [0.5, 0.6) is 0 Å². The molecule has 0 bridgehead atoms. The predicted molar refractivity (Wildman–Crippen MR) is 79.2 cm³/mol. The van der Waals surface area contributed by atoms with Gasteiger partial charge in [0, 0.05) is 6.26 Å². The molecule has 0 atom stereocenters. The molecule has 0 spiro atoms. The van der Waals surface area contributed by atoms with Crippen LogP contribution in [0.15, 0.2) is 21.8 Å². The smallest absolute Gasteiger partial charge is 0.279 e. The molecular weight excluding hydrogens is 394 g/mol. The van der Waals surface area contributed by atoms with Crippen LogP contribution in [0.3, 0.4) is 0 Å². The van der Waals surface area contributed by atoms with Crippen molar-refractivity contribution in [3.8, 4) is 11.8 Å². The number of H-pyrrole nitrogens is 1. The van der Waals surface area contributed by atoms with Crippen molar-refractivity contribution >= 4 is 33.0 Å². The fraction of sp³-hybridized carbons (Fsp3) is 0.167. The second kappa shape index (κ2) is 5.84. The van der Waals surface area contributed by atoms with Crippen LogP contribution in [0.4, 0.5) is 13.2 Å². The highest BCUT2D eigenvalue weighted by atomic mass is 35.5. The molecule has 0 radical (unpaired) electrons. The largest absolute Gasteiger partial charge is 0.416 e. The molecule has 0 amide bonds. The van der Waals surface area contributed by atoms with Gasteiger partial charge < -0.3 is 0 Å². The van der Waals surface area contributed by atoms with Gasteiger partial charge in [0.25, 0.3) is 5.56 Å². The summed E-state index contributed by atoms with van der Waals surface area (Å²) >= 11 is 11.5. The zero-order valence-electron chi connectivity index (χ0n) is 11.6. The first-order valence-corrected chi connectivity index (χ1v) is 8.54. The van der Waals surface area contributed by atoms with E-state index in [0.717, 1.165) is 0 Å². The molecule has 0 aliphatic heterocycles. The molecule has 0 saturated carbocycles. The van der Waals surface area contributed by atoms with E-state index in [0.29, 0.717) is 23.1 Å². The van der Waals surface area contributed by atoms with E-state index in [9.17, 15) is 26.4 Å². The summed E-state index contributed by atoms with van der Waals surface area (Å²) in [5, 5.41) is 10.0. The van der Waals surface area contributed by atoms with Gasteiger partial charge in [-0.25, -0.2) is 13.1 Å². The van der Waals surface area contributed by atoms with Crippen LogP contribution in [0, 0.1) is 11.3 Å². The minimum atomic E-state index is -4.72. The molecule has 0 saturated heterocycles. The molecule has 1 aromatic heterocycles. The minimum absolute atomic E-state index is 0.400. The van der Waals surface area contributed by atoms with Crippen molar-refractivity contribution in [1.82, 2.24) is 9.78 Å². The third-order valence-corrected chi connectivity index (χ3v) is 4.59. The highest BCUT2D eigenvalue weighted by molar-refractivity contribution is 7.90. The van der Waals surface area contributed by atoms with E-state index >= 15 is 0 Å². The van der Waals surface area contributed by atoms with Gasteiger partial charge in [-0.05, 0) is 12.1 Å². The predicted octanol–water partition coefficient (Wildman–Crippen LogP) is 2.77. The summed E-state index contributed by atoms with van der Waals surface area (Å²) in [6.07, 6.45) is -4.01. The summed E-state index contributed by atoms with van der Waals surface area (Å²) in [5.74, 6) is 0. The molecule has 2 rings (SSSR count). The quantitative estimate of drug-likeness (QED) is 0.839. The number of halogens is 5. The summed E-state index contributed by atoms with van der Waals surface area (Å²) in [7, 11) is -4.07. The number of nitrogens with one attached hydrogen (secondary N) is 1. The first-order valence-electron chi connectivity index (χ1n) is 5.89. The third kappa shape index (κ3) is 3.15. The summed E-state index contributed by atoms with van der Waals surface area (Å²) in [6, 6.07) is 2.55. The molecule has 1 aromatic carbocycles. The first kappa shape index (κ1) is 18.4. The molecule has 12 heteroatoms. The van der Waals surface area contributed by atoms with E-state index in [4.69, 9.17) is 28.5 Å². The molecule has 24 heavy (non-hydrogen) atoms. The normalized spacial score (nSPS) is 12.2. The monoisotopic (exact) mass is 399 g/mol. The zero-order valence-corrected chi connectivity index (χ0v) is 13.9. The standard InChI is InChI=1S/C12H6Cl2F3N3O3S/c1-24(22,23)10-8(4-18)19-20(11(10)21)9-6(13)2-5(3-7(9)14)12(15,16)17/h2-3,19H,1H3. The van der Waals surface area contributed by atoms with Gasteiger partial charge in [-0.3, -0.25) is 9.89 Å². The minimum Gasteiger partial charge on any atom is -0.279 e. The fourth-order valence-corrected chi connectivity index (χ4v) is 3.47. The lowest BCUT2D eigenvalue weighted by Crippen LogP contribution is -2.20. The van der Waals surface area contributed by atoms with E-state index in [2.05, 4.69) is 5.10 Å². The van der Waals surface area contributed by atoms with Crippen molar-refractivity contribution < 1.29 is 21.6 Å². The number of rotatable bonds is 2. The van der Waals surface area contributed by atoms with Crippen LogP contribution in [-0.2, 0) is 16.0 Å². The lowest BCUT2D eigenvalue weighted by Gasteiger charge is -2.12. The molecule has 1 heterocycles. The lowest BCUT2D eigenvalue weighted by atomic mass is 10.2. The van der Waals surface area contributed by atoms with Gasteiger partial charge in [0.15, 0.2) is 20.4 Å². The molecule has 128 valence electrons. The Morgan fingerprint density at radius 3 is 2.08 bits per heavy atom. The van der Waals surface area contributed by atoms with Crippen LogP contribution in [0.1, 0.15) is 11.3 Å². The number of sulfone groups is 1. The van der Waals surface area contributed by atoms with Gasteiger partial charge in [-0.1, -0.05) is 23.2 Å². The average molecular weight is 400 g/mol. The van der Waals surface area contributed by atoms with E-state index in [1.54, 1.807) is 0 Å². The van der Waals surface area contributed by atoms with Crippen molar-refractivity contribution in [2.24, 2.45) is 0 Å². The molecule has 0 aliphatic rings. The van der Waals surface area contributed by atoms with Gasteiger partial charge in [-0.2, -0.15) is 18.4 Å². The van der Waals surface area contributed by atoms with Crippen LogP contribution in [0.25, 0.3) is 5.69 Å². The van der Waals surface area contributed by atoms with Crippen LogP contribution < -0.4 is 5.56 Å². The maximum atomic E-state index is 12.7. The van der Waals surface area contributed by atoms with Crippen LogP contribution in [0.2, 0.25) is 10.0 Å². The van der Waals surface area contributed by atoms with E-state index in [1.807, 2.05) is 0 Å². The Bertz CT molecular complexity index is 1010. The van der Waals surface area contributed by atoms with Crippen molar-refractivity contribution in [3.63, 3.8) is 0 Å². The van der Waals surface area contributed by atoms with Gasteiger partial charge in [0.1, 0.15) is 11.8 Å². The second-order valence-electron chi connectivity index (χ2n) is 4.63. The second-order valence-corrected chi connectivity index (χ2v) is 7.39. The van der Waals surface area contributed by atoms with Gasteiger partial charge in [0.2, 0.25) is 0 Å². The molecule has 0 fully saturated rings. The number of benzene rings is 1. The molecule has 0 aliphatic carbocycles. The lowest BCUT2D eigenvalue weighted by molar-refractivity contribution is -0.137. The van der Waals surface area contributed by atoms with Gasteiger partial charge in [-0.15, -0.1) is 0 Å². The topological polar surface area (TPSA) is 95.7 Å². The Labute approximate surface area is 142 Å². The summed E-state index contributed by atoms with van der Waals surface area (Å²) in [6.45, 7) is 0. The molecule has 2 aromatic rings. The fourth-order valence-electron chi connectivity index (χ4n) is 1.94. The van der Waals surface area contributed by atoms with Crippen molar-refractivity contribution in [1.29, 1.82) is 5.26 Å². The van der Waals surface area contributed by atoms with Crippen molar-refractivity contribution in [2.45, 2.75) is 11.1 Å². The summed E-state index contributed by atoms with van der Waals surface area (Å²) in [5.41, 5.74) is -3.32. The van der Waals surface area contributed by atoms with Gasteiger partial charge >= 0.3 is 6.18 Å². The number of nitriles is 1. The van der Waals surface area contributed by atoms with Crippen molar-refractivity contribution in [2.75, 3.05) is 6.26 Å². The SMILES string of the molecule is CS(=O)(=O)c1c(C#N)[nH]n(-c2c(Cl)cc(C(F)(F)F)cc2Cl)c1=O. The number of aromatic amines is 1. The van der Waals surface area contributed by atoms with Crippen LogP contribution in [-0.4, -0.2) is 24.5 Å². The van der Waals surface area contributed by atoms with E-state index < -0.39 is 53.5 Å². The maximum absolute atomic E-state index is 12.7. The molecule has 6 nitrogen and oxygen atoms in total. The number of alkyl halides is 3. The first-order chi connectivity index (χ1) is 10.9. The van der Waals surface area contributed by atoms with Gasteiger partial charge in [0.05, 0.1) is 15.6 Å². The van der Waals surface area contributed by atoms with E-state index in [-0.39, 0.29) is 0 Å². The number of hydrogen-bond acceptors (Lipinski definition) is 4. The average Bonchev–Trinajstić information content (AvgIpc) is 2.74. The Morgan fingerprint density at radius 2 is 1.75 bits per heavy atom. The molecule has 1 N–H and O–H groups in total. The third-order valence-electron chi connectivity index (χ3n) is 2.90. The number of nitrogens with zero attached hydrogens (tertiary/aromatic N) is 2. The summed E-state index contributed by atoms with van der Waals surface area (Å²) in [4.78, 5) is 11.4. The summed E-state index contributed by atoms with van der Waals surface area (Å²) < 4.78 is 62.0. The Balaban J connectivity index is 2.83. The number of aromatic nitrogens is 2. The van der Waals surface area contributed by atoms with E-state index in [1.165, 1.54) is 6.07 Å². The number of hydrogen-bond donors (Lipinski definition) is 1. The highest BCUT2D eigenvalue weighted by Gasteiger charge is 2.33.